The fourth-order valence-corrected chi connectivity index (χ4v) is 1.73. The topological polar surface area (TPSA) is 66.4 Å². The minimum absolute atomic E-state index is 0.126. The van der Waals surface area contributed by atoms with Crippen LogP contribution in [0.2, 0.25) is 5.02 Å². The molecule has 0 bridgehead atoms. The number of halogens is 2. The summed E-state index contributed by atoms with van der Waals surface area (Å²) in [6, 6.07) is 2.51. The van der Waals surface area contributed by atoms with Gasteiger partial charge in [-0.1, -0.05) is 31.9 Å². The molecule has 0 saturated heterocycles. The number of benzene rings is 1. The van der Waals surface area contributed by atoms with Gasteiger partial charge in [0.15, 0.2) is 0 Å². The van der Waals surface area contributed by atoms with Gasteiger partial charge in [0.05, 0.1) is 5.02 Å². The minimum atomic E-state index is -1.10. The van der Waals surface area contributed by atoms with E-state index in [1.54, 1.807) is 6.92 Å². The van der Waals surface area contributed by atoms with E-state index in [2.05, 4.69) is 5.32 Å². The van der Waals surface area contributed by atoms with Gasteiger partial charge in [-0.3, -0.25) is 4.79 Å². The van der Waals surface area contributed by atoms with Gasteiger partial charge in [0.1, 0.15) is 11.9 Å². The van der Waals surface area contributed by atoms with Crippen LogP contribution in [0, 0.1) is 11.7 Å². The summed E-state index contributed by atoms with van der Waals surface area (Å²) in [5, 5.41) is 11.3. The summed E-state index contributed by atoms with van der Waals surface area (Å²) < 4.78 is 13.0. The number of rotatable bonds is 5. The highest BCUT2D eigenvalue weighted by Gasteiger charge is 2.25. The van der Waals surface area contributed by atoms with Crippen LogP contribution in [0.15, 0.2) is 18.2 Å². The van der Waals surface area contributed by atoms with E-state index >= 15 is 0 Å². The second-order valence-electron chi connectivity index (χ2n) is 4.30. The lowest BCUT2D eigenvalue weighted by Crippen LogP contribution is -2.45. The second-order valence-corrected chi connectivity index (χ2v) is 4.71. The molecule has 0 spiro atoms. The van der Waals surface area contributed by atoms with Gasteiger partial charge in [-0.25, -0.2) is 9.18 Å². The lowest BCUT2D eigenvalue weighted by atomic mass is 9.99. The average Bonchev–Trinajstić information content (AvgIpc) is 2.37. The number of hydrogen-bond acceptors (Lipinski definition) is 2. The molecular weight excluding hydrogens is 273 g/mol. The zero-order valence-corrected chi connectivity index (χ0v) is 11.4. The van der Waals surface area contributed by atoms with E-state index in [1.807, 2.05) is 6.92 Å². The maximum atomic E-state index is 13.0. The molecule has 19 heavy (non-hydrogen) atoms. The van der Waals surface area contributed by atoms with Crippen LogP contribution in [0.3, 0.4) is 0 Å². The minimum Gasteiger partial charge on any atom is -0.480 e. The van der Waals surface area contributed by atoms with Crippen molar-refractivity contribution in [3.8, 4) is 0 Å². The van der Waals surface area contributed by atoms with E-state index in [0.717, 1.165) is 6.07 Å². The predicted octanol–water partition coefficient (Wildman–Crippen LogP) is 2.71. The lowest BCUT2D eigenvalue weighted by molar-refractivity contribution is -0.140. The molecule has 1 rings (SSSR count). The summed E-state index contributed by atoms with van der Waals surface area (Å²) in [5.74, 6) is -2.53. The number of nitrogens with one attached hydrogen (secondary N) is 1. The van der Waals surface area contributed by atoms with Crippen molar-refractivity contribution in [1.82, 2.24) is 5.32 Å². The first-order chi connectivity index (χ1) is 8.86. The third kappa shape index (κ3) is 3.92. The average molecular weight is 288 g/mol. The second kappa shape index (κ2) is 6.52. The smallest absolute Gasteiger partial charge is 0.326 e. The SMILES string of the molecule is CCC(C)[C@H](NC(=O)c1ccc(F)c(Cl)c1)C(=O)O. The van der Waals surface area contributed by atoms with E-state index < -0.39 is 23.7 Å². The maximum Gasteiger partial charge on any atom is 0.326 e. The molecule has 0 saturated carbocycles. The Morgan fingerprint density at radius 2 is 2.11 bits per heavy atom. The van der Waals surface area contributed by atoms with Gasteiger partial charge in [-0.05, 0) is 24.1 Å². The van der Waals surface area contributed by atoms with E-state index in [1.165, 1.54) is 12.1 Å². The van der Waals surface area contributed by atoms with Gasteiger partial charge >= 0.3 is 5.97 Å². The highest BCUT2D eigenvalue weighted by Crippen LogP contribution is 2.16. The fourth-order valence-electron chi connectivity index (χ4n) is 1.55. The summed E-state index contributed by atoms with van der Waals surface area (Å²) >= 11 is 5.58. The van der Waals surface area contributed by atoms with E-state index in [9.17, 15) is 14.0 Å². The molecule has 1 aromatic carbocycles. The largest absolute Gasteiger partial charge is 0.480 e. The van der Waals surface area contributed by atoms with Crippen LogP contribution in [0.4, 0.5) is 4.39 Å². The van der Waals surface area contributed by atoms with Gasteiger partial charge in [0.25, 0.3) is 5.91 Å². The Bertz CT molecular complexity index is 493. The molecule has 104 valence electrons. The third-order valence-electron chi connectivity index (χ3n) is 2.95. The maximum absolute atomic E-state index is 13.0. The number of aliphatic carboxylic acids is 1. The molecule has 0 heterocycles. The van der Waals surface area contributed by atoms with Crippen molar-refractivity contribution in [1.29, 1.82) is 0 Å². The molecule has 0 aromatic heterocycles. The quantitative estimate of drug-likeness (QED) is 0.875. The van der Waals surface area contributed by atoms with Crippen LogP contribution in [0.5, 0.6) is 0 Å². The van der Waals surface area contributed by atoms with Crippen molar-refractivity contribution >= 4 is 23.5 Å². The van der Waals surface area contributed by atoms with Crippen LogP contribution in [0.25, 0.3) is 0 Å². The Kier molecular flexibility index (Phi) is 5.30. The van der Waals surface area contributed by atoms with Gasteiger partial charge in [0, 0.05) is 5.56 Å². The first-order valence-corrected chi connectivity index (χ1v) is 6.23. The Morgan fingerprint density at radius 1 is 1.47 bits per heavy atom. The van der Waals surface area contributed by atoms with Crippen molar-refractivity contribution in [3.63, 3.8) is 0 Å². The number of hydrogen-bond donors (Lipinski definition) is 2. The Labute approximate surface area is 115 Å². The number of carbonyl (C=O) groups is 2. The highest BCUT2D eigenvalue weighted by atomic mass is 35.5. The lowest BCUT2D eigenvalue weighted by Gasteiger charge is -2.20. The summed E-state index contributed by atoms with van der Waals surface area (Å²) in [6.07, 6.45) is 0.613. The molecule has 0 aliphatic rings. The van der Waals surface area contributed by atoms with Gasteiger partial charge < -0.3 is 10.4 Å². The summed E-state index contributed by atoms with van der Waals surface area (Å²) in [4.78, 5) is 23.0. The van der Waals surface area contributed by atoms with Gasteiger partial charge in [0.2, 0.25) is 0 Å². The van der Waals surface area contributed by atoms with Crippen molar-refractivity contribution < 1.29 is 19.1 Å². The van der Waals surface area contributed by atoms with Crippen LogP contribution >= 0.6 is 11.6 Å². The Morgan fingerprint density at radius 3 is 2.58 bits per heavy atom. The molecule has 2 N–H and O–H groups in total. The standard InChI is InChI=1S/C13H15ClFNO3/c1-3-7(2)11(13(18)19)16-12(17)8-4-5-10(15)9(14)6-8/h4-7,11H,3H2,1-2H3,(H,16,17)(H,18,19)/t7?,11-/m0/s1. The van der Waals surface area contributed by atoms with Crippen molar-refractivity contribution in [2.75, 3.05) is 0 Å². The molecule has 0 aliphatic heterocycles. The van der Waals surface area contributed by atoms with Crippen molar-refractivity contribution in [3.05, 3.63) is 34.6 Å². The first-order valence-electron chi connectivity index (χ1n) is 5.85. The predicted molar refractivity (Wildman–Crippen MR) is 69.8 cm³/mol. The number of carbonyl (C=O) groups excluding carboxylic acids is 1. The molecule has 0 fully saturated rings. The monoisotopic (exact) mass is 287 g/mol. The summed E-state index contributed by atoms with van der Waals surface area (Å²) in [6.45, 7) is 3.57. The van der Waals surface area contributed by atoms with Crippen molar-refractivity contribution in [2.45, 2.75) is 26.3 Å². The van der Waals surface area contributed by atoms with Crippen LogP contribution in [-0.2, 0) is 4.79 Å². The zero-order chi connectivity index (χ0) is 14.6. The van der Waals surface area contributed by atoms with E-state index in [0.29, 0.717) is 6.42 Å². The van der Waals surface area contributed by atoms with Crippen LogP contribution in [-0.4, -0.2) is 23.0 Å². The Balaban J connectivity index is 2.87. The Hall–Kier alpha value is -1.62. The fraction of sp³-hybridized carbons (Fsp3) is 0.385. The van der Waals surface area contributed by atoms with Crippen molar-refractivity contribution in [2.24, 2.45) is 5.92 Å². The first kappa shape index (κ1) is 15.4. The number of carboxylic acids is 1. The van der Waals surface area contributed by atoms with Crippen LogP contribution in [0.1, 0.15) is 30.6 Å². The zero-order valence-electron chi connectivity index (χ0n) is 10.6. The molecule has 0 aliphatic carbocycles. The van der Waals surface area contributed by atoms with Gasteiger partial charge in [-0.2, -0.15) is 0 Å². The van der Waals surface area contributed by atoms with E-state index in [-0.39, 0.29) is 16.5 Å². The molecule has 1 amide bonds. The summed E-state index contributed by atoms with van der Waals surface area (Å²) in [5.41, 5.74) is 0.126. The van der Waals surface area contributed by atoms with E-state index in [4.69, 9.17) is 16.7 Å². The van der Waals surface area contributed by atoms with Gasteiger partial charge in [-0.15, -0.1) is 0 Å². The van der Waals surface area contributed by atoms with Crippen LogP contribution < -0.4 is 5.32 Å². The molecule has 4 nitrogen and oxygen atoms in total. The highest BCUT2D eigenvalue weighted by molar-refractivity contribution is 6.31. The molecule has 0 radical (unpaired) electrons. The number of amides is 1. The molecular formula is C13H15ClFNO3. The molecule has 1 unspecified atom stereocenters. The molecule has 6 heteroatoms. The summed E-state index contributed by atoms with van der Waals surface area (Å²) in [7, 11) is 0. The molecule has 1 aromatic rings. The normalized spacial score (nSPS) is 13.7. The third-order valence-corrected chi connectivity index (χ3v) is 3.24. The molecule has 2 atom stereocenters. The number of carboxylic acid groups (broad SMARTS) is 1.